The number of hydrogen-bond acceptors (Lipinski definition) is 7. The smallest absolute Gasteiger partial charge is 0.490 e. The third-order valence-electron chi connectivity index (χ3n) is 7.30. The van der Waals surface area contributed by atoms with Crippen molar-refractivity contribution in [2.45, 2.75) is 50.6 Å². The lowest BCUT2D eigenvalue weighted by atomic mass is 9.92. The zero-order valence-electron chi connectivity index (χ0n) is 24.8. The van der Waals surface area contributed by atoms with E-state index in [-0.39, 0.29) is 52.9 Å². The number of carbonyl (C=O) groups is 3. The number of carboxylic acid groups (broad SMARTS) is 1. The fraction of sp³-hybridized carbons (Fsp3) is 0.235. The first kappa shape index (κ1) is 32.8. The maximum Gasteiger partial charge on any atom is 0.573 e. The van der Waals surface area contributed by atoms with Crippen molar-refractivity contribution in [3.05, 3.63) is 108 Å². The summed E-state index contributed by atoms with van der Waals surface area (Å²) >= 11 is 0. The molecule has 0 saturated heterocycles. The van der Waals surface area contributed by atoms with Crippen molar-refractivity contribution < 1.29 is 46.9 Å². The Morgan fingerprint density at radius 2 is 1.49 bits per heavy atom. The topological polar surface area (TPSA) is 136 Å². The van der Waals surface area contributed by atoms with Gasteiger partial charge in [0.1, 0.15) is 17.2 Å². The van der Waals surface area contributed by atoms with Crippen LogP contribution in [-0.2, 0) is 11.2 Å². The Morgan fingerprint density at radius 1 is 0.830 bits per heavy atom. The van der Waals surface area contributed by atoms with E-state index in [2.05, 4.69) is 20.4 Å². The van der Waals surface area contributed by atoms with Crippen LogP contribution in [0.4, 0.5) is 18.9 Å². The Labute approximate surface area is 267 Å². The van der Waals surface area contributed by atoms with E-state index >= 15 is 0 Å². The summed E-state index contributed by atoms with van der Waals surface area (Å²) in [6, 6.07) is 21.3. The first-order valence-corrected chi connectivity index (χ1v) is 14.7. The summed E-state index contributed by atoms with van der Waals surface area (Å²) in [5, 5.41) is 14.8. The Balaban J connectivity index is 1.04. The van der Waals surface area contributed by atoms with Crippen molar-refractivity contribution in [1.82, 2.24) is 10.3 Å². The average Bonchev–Trinajstić information content (AvgIpc) is 3.03. The Morgan fingerprint density at radius 3 is 2.13 bits per heavy atom. The number of hydrogen-bond donors (Lipinski definition) is 3. The zero-order chi connectivity index (χ0) is 33.4. The van der Waals surface area contributed by atoms with Gasteiger partial charge in [-0.3, -0.25) is 9.59 Å². The second-order valence-electron chi connectivity index (χ2n) is 10.8. The molecule has 1 fully saturated rings. The van der Waals surface area contributed by atoms with Gasteiger partial charge in [-0.05, 0) is 91.9 Å². The molecule has 1 aliphatic rings. The molecule has 1 saturated carbocycles. The Hall–Kier alpha value is -5.59. The van der Waals surface area contributed by atoms with Gasteiger partial charge in [0.15, 0.2) is 0 Å². The van der Waals surface area contributed by atoms with E-state index in [1.807, 2.05) is 0 Å². The number of aromatic nitrogens is 1. The van der Waals surface area contributed by atoms with Gasteiger partial charge in [0.25, 0.3) is 5.91 Å². The van der Waals surface area contributed by atoms with Crippen LogP contribution in [0.1, 0.15) is 52.0 Å². The van der Waals surface area contributed by atoms with Crippen LogP contribution in [0.25, 0.3) is 0 Å². The summed E-state index contributed by atoms with van der Waals surface area (Å²) < 4.78 is 52.8. The van der Waals surface area contributed by atoms with E-state index in [4.69, 9.17) is 9.47 Å². The fourth-order valence-electron chi connectivity index (χ4n) is 5.04. The standard InChI is InChI=1S/C34H30F3N3O7/c35-34(36,37)47-27-10-6-22(7-11-27)32(42)39-23-8-12-24(13-9-23)45-25-14-16-26(17-15-25)46-31-18-5-21(20-38-31)19-30(41)40-29-4-2-1-3-28(29)33(43)44/h1-7,10-11,14-18,20,23-24H,8-9,12-13,19H2,(H,39,42)(H,40,41)(H,43,44). The fourth-order valence-corrected chi connectivity index (χ4v) is 5.04. The number of alkyl halides is 3. The summed E-state index contributed by atoms with van der Waals surface area (Å²) in [4.78, 5) is 40.6. The minimum absolute atomic E-state index is 0.000469. The van der Waals surface area contributed by atoms with E-state index < -0.39 is 12.3 Å². The van der Waals surface area contributed by atoms with Crippen LogP contribution in [0, 0.1) is 0 Å². The van der Waals surface area contributed by atoms with Gasteiger partial charge in [-0.25, -0.2) is 9.78 Å². The molecule has 1 aromatic heterocycles. The van der Waals surface area contributed by atoms with Crippen LogP contribution < -0.4 is 24.8 Å². The first-order valence-electron chi connectivity index (χ1n) is 14.7. The molecule has 0 atom stereocenters. The number of rotatable bonds is 11. The van der Waals surface area contributed by atoms with Crippen molar-refractivity contribution in [1.29, 1.82) is 0 Å². The molecule has 0 unspecified atom stereocenters. The van der Waals surface area contributed by atoms with Crippen LogP contribution in [0.5, 0.6) is 23.1 Å². The van der Waals surface area contributed by atoms with E-state index in [1.54, 1.807) is 48.5 Å². The number of nitrogens with one attached hydrogen (secondary N) is 2. The molecule has 244 valence electrons. The average molecular weight is 650 g/mol. The van der Waals surface area contributed by atoms with Crippen LogP contribution in [0.2, 0.25) is 0 Å². The number of aromatic carboxylic acids is 1. The van der Waals surface area contributed by atoms with Crippen LogP contribution in [0.3, 0.4) is 0 Å². The second kappa shape index (κ2) is 14.7. The molecule has 1 heterocycles. The van der Waals surface area contributed by atoms with Gasteiger partial charge in [-0.15, -0.1) is 13.2 Å². The molecular weight excluding hydrogens is 619 g/mol. The van der Waals surface area contributed by atoms with E-state index in [9.17, 15) is 32.7 Å². The molecule has 4 aromatic rings. The van der Waals surface area contributed by atoms with Crippen molar-refractivity contribution in [2.24, 2.45) is 0 Å². The number of para-hydroxylation sites is 1. The Kier molecular flexibility index (Phi) is 10.2. The molecule has 13 heteroatoms. The number of benzene rings is 3. The highest BCUT2D eigenvalue weighted by Crippen LogP contribution is 2.28. The molecule has 0 bridgehead atoms. The predicted molar refractivity (Wildman–Crippen MR) is 164 cm³/mol. The van der Waals surface area contributed by atoms with Crippen LogP contribution >= 0.6 is 0 Å². The number of pyridine rings is 1. The van der Waals surface area contributed by atoms with Crippen LogP contribution in [-0.4, -0.2) is 46.4 Å². The highest BCUT2D eigenvalue weighted by molar-refractivity contribution is 6.01. The quantitative estimate of drug-likeness (QED) is 0.162. The molecular formula is C34H30F3N3O7. The maximum atomic E-state index is 12.5. The number of ether oxygens (including phenoxy) is 3. The first-order chi connectivity index (χ1) is 22.5. The normalized spacial score (nSPS) is 16.1. The van der Waals surface area contributed by atoms with Crippen molar-refractivity contribution in [2.75, 3.05) is 5.32 Å². The molecule has 2 amide bonds. The van der Waals surface area contributed by atoms with Gasteiger partial charge in [-0.2, -0.15) is 0 Å². The third kappa shape index (κ3) is 9.70. The molecule has 3 aromatic carbocycles. The lowest BCUT2D eigenvalue weighted by Crippen LogP contribution is -2.39. The Bertz CT molecular complexity index is 1690. The second-order valence-corrected chi connectivity index (χ2v) is 10.8. The van der Waals surface area contributed by atoms with Gasteiger partial charge < -0.3 is 30.0 Å². The monoisotopic (exact) mass is 649 g/mol. The number of carbonyl (C=O) groups excluding carboxylic acids is 2. The molecule has 0 aliphatic heterocycles. The van der Waals surface area contributed by atoms with Gasteiger partial charge >= 0.3 is 12.3 Å². The molecule has 3 N–H and O–H groups in total. The van der Waals surface area contributed by atoms with Gasteiger partial charge in [0.05, 0.1) is 23.8 Å². The summed E-state index contributed by atoms with van der Waals surface area (Å²) in [7, 11) is 0. The molecule has 0 radical (unpaired) electrons. The number of carboxylic acids is 1. The van der Waals surface area contributed by atoms with E-state index in [0.717, 1.165) is 12.1 Å². The SMILES string of the molecule is O=C(Cc1ccc(Oc2ccc(OC3CCC(NC(=O)c4ccc(OC(F)(F)F)cc4)CC3)cc2)nc1)Nc1ccccc1C(=O)O. The van der Waals surface area contributed by atoms with Gasteiger partial charge in [-0.1, -0.05) is 18.2 Å². The molecule has 1 aliphatic carbocycles. The summed E-state index contributed by atoms with van der Waals surface area (Å²) in [5.74, 6) is -0.751. The lowest BCUT2D eigenvalue weighted by Gasteiger charge is -2.29. The predicted octanol–water partition coefficient (Wildman–Crippen LogP) is 6.77. The van der Waals surface area contributed by atoms with Gasteiger partial charge in [0.2, 0.25) is 11.8 Å². The van der Waals surface area contributed by atoms with Crippen molar-refractivity contribution in [3.8, 4) is 23.1 Å². The van der Waals surface area contributed by atoms with E-state index in [1.165, 1.54) is 30.5 Å². The molecule has 5 rings (SSSR count). The highest BCUT2D eigenvalue weighted by atomic mass is 19.4. The number of halogens is 3. The molecule has 47 heavy (non-hydrogen) atoms. The summed E-state index contributed by atoms with van der Waals surface area (Å²) in [6.45, 7) is 0. The zero-order valence-corrected chi connectivity index (χ0v) is 24.8. The molecule has 0 spiro atoms. The summed E-state index contributed by atoms with van der Waals surface area (Å²) in [5.41, 5.74) is 1.09. The van der Waals surface area contributed by atoms with Crippen molar-refractivity contribution >= 4 is 23.5 Å². The minimum atomic E-state index is -4.79. The van der Waals surface area contributed by atoms with Gasteiger partial charge in [0, 0.05) is 23.9 Å². The van der Waals surface area contributed by atoms with Crippen LogP contribution in [0.15, 0.2) is 91.1 Å². The third-order valence-corrected chi connectivity index (χ3v) is 7.30. The maximum absolute atomic E-state index is 12.5. The number of nitrogens with zero attached hydrogens (tertiary/aromatic N) is 1. The van der Waals surface area contributed by atoms with E-state index in [0.29, 0.717) is 48.6 Å². The molecule has 10 nitrogen and oxygen atoms in total. The number of anilines is 1. The highest BCUT2D eigenvalue weighted by Gasteiger charge is 2.31. The van der Waals surface area contributed by atoms with Crippen molar-refractivity contribution in [3.63, 3.8) is 0 Å². The summed E-state index contributed by atoms with van der Waals surface area (Å²) in [6.07, 6.45) is -0.533. The largest absolute Gasteiger partial charge is 0.573 e. The minimum Gasteiger partial charge on any atom is -0.490 e. The number of amides is 2. The lowest BCUT2D eigenvalue weighted by molar-refractivity contribution is -0.274.